The number of fused-ring (bicyclic) bond motifs is 5. The van der Waals surface area contributed by atoms with Crippen molar-refractivity contribution in [3.05, 3.63) is 130 Å². The highest BCUT2D eigenvalue weighted by Crippen LogP contribution is 2.49. The van der Waals surface area contributed by atoms with Gasteiger partial charge in [0.25, 0.3) is 0 Å². The van der Waals surface area contributed by atoms with Gasteiger partial charge in [-0.1, -0.05) is 77.8 Å². The van der Waals surface area contributed by atoms with Gasteiger partial charge >= 0.3 is 0 Å². The van der Waals surface area contributed by atoms with Gasteiger partial charge in [-0.25, -0.2) is 9.67 Å². The SMILES string of the molecule is Clc1ccc(C2CC(c3ccoc3Cn3cncn3)Cc3ccc4c(ccc5ccccc54)c32)c(Cl)c1. The maximum Gasteiger partial charge on any atom is 0.137 e. The molecule has 4 aromatic carbocycles. The first-order valence-corrected chi connectivity index (χ1v) is 13.2. The van der Waals surface area contributed by atoms with Crippen molar-refractivity contribution in [1.82, 2.24) is 14.8 Å². The van der Waals surface area contributed by atoms with Crippen molar-refractivity contribution < 1.29 is 4.42 Å². The fraction of sp³-hybridized carbons (Fsp3) is 0.161. The van der Waals surface area contributed by atoms with Crippen LogP contribution in [0.2, 0.25) is 10.0 Å². The maximum atomic E-state index is 6.85. The predicted molar refractivity (Wildman–Crippen MR) is 149 cm³/mol. The van der Waals surface area contributed by atoms with E-state index in [-0.39, 0.29) is 11.8 Å². The highest BCUT2D eigenvalue weighted by atomic mass is 35.5. The normalized spacial score (nSPS) is 17.4. The summed E-state index contributed by atoms with van der Waals surface area (Å²) >= 11 is 13.2. The summed E-state index contributed by atoms with van der Waals surface area (Å²) < 4.78 is 7.74. The zero-order chi connectivity index (χ0) is 24.9. The topological polar surface area (TPSA) is 43.9 Å². The van der Waals surface area contributed by atoms with Crippen molar-refractivity contribution in [2.45, 2.75) is 31.2 Å². The van der Waals surface area contributed by atoms with Crippen molar-refractivity contribution >= 4 is 44.7 Å². The minimum absolute atomic E-state index is 0.123. The molecule has 2 heterocycles. The van der Waals surface area contributed by atoms with E-state index in [2.05, 4.69) is 70.7 Å². The minimum Gasteiger partial charge on any atom is -0.467 e. The molecule has 0 saturated carbocycles. The number of nitrogens with zero attached hydrogens (tertiary/aromatic N) is 3. The Morgan fingerprint density at radius 1 is 0.892 bits per heavy atom. The van der Waals surface area contributed by atoms with E-state index in [0.717, 1.165) is 24.2 Å². The molecule has 1 aliphatic carbocycles. The summed E-state index contributed by atoms with van der Waals surface area (Å²) in [5, 5.41) is 10.7. The Labute approximate surface area is 224 Å². The summed E-state index contributed by atoms with van der Waals surface area (Å²) in [6.07, 6.45) is 6.91. The van der Waals surface area contributed by atoms with Gasteiger partial charge in [-0.05, 0) is 80.8 Å². The Balaban J connectivity index is 1.40. The second-order valence-electron chi connectivity index (χ2n) is 9.77. The molecule has 4 nitrogen and oxygen atoms in total. The number of hydrogen-bond acceptors (Lipinski definition) is 3. The molecule has 0 radical (unpaired) electrons. The van der Waals surface area contributed by atoms with Crippen LogP contribution in [-0.4, -0.2) is 14.8 Å². The lowest BCUT2D eigenvalue weighted by molar-refractivity contribution is 0.459. The zero-order valence-electron chi connectivity index (χ0n) is 19.9. The van der Waals surface area contributed by atoms with Gasteiger partial charge in [0.1, 0.15) is 25.0 Å². The van der Waals surface area contributed by atoms with E-state index in [4.69, 9.17) is 27.6 Å². The largest absolute Gasteiger partial charge is 0.467 e. The molecule has 2 atom stereocenters. The van der Waals surface area contributed by atoms with Gasteiger partial charge in [-0.2, -0.15) is 5.10 Å². The van der Waals surface area contributed by atoms with E-state index < -0.39 is 0 Å². The van der Waals surface area contributed by atoms with Gasteiger partial charge in [-0.3, -0.25) is 0 Å². The van der Waals surface area contributed by atoms with Gasteiger partial charge < -0.3 is 4.42 Å². The molecule has 6 aromatic rings. The Morgan fingerprint density at radius 3 is 2.65 bits per heavy atom. The number of hydrogen-bond donors (Lipinski definition) is 0. The van der Waals surface area contributed by atoms with E-state index >= 15 is 0 Å². The van der Waals surface area contributed by atoms with Crippen LogP contribution < -0.4 is 0 Å². The molecule has 0 saturated heterocycles. The highest BCUT2D eigenvalue weighted by Gasteiger charge is 2.33. The van der Waals surface area contributed by atoms with Crippen LogP contribution in [0.3, 0.4) is 0 Å². The first-order chi connectivity index (χ1) is 18.2. The molecule has 0 bridgehead atoms. The molecular formula is C31H23Cl2N3O. The van der Waals surface area contributed by atoms with Crippen LogP contribution in [-0.2, 0) is 13.0 Å². The molecule has 6 heteroatoms. The van der Waals surface area contributed by atoms with Gasteiger partial charge in [0.05, 0.1) is 6.26 Å². The van der Waals surface area contributed by atoms with Crippen molar-refractivity contribution in [1.29, 1.82) is 0 Å². The molecule has 182 valence electrons. The number of rotatable bonds is 4. The molecule has 37 heavy (non-hydrogen) atoms. The highest BCUT2D eigenvalue weighted by molar-refractivity contribution is 6.35. The number of aromatic nitrogens is 3. The molecule has 0 fully saturated rings. The van der Waals surface area contributed by atoms with Crippen LogP contribution in [0.4, 0.5) is 0 Å². The molecule has 0 amide bonds. The van der Waals surface area contributed by atoms with E-state index in [1.54, 1.807) is 23.6 Å². The van der Waals surface area contributed by atoms with Crippen LogP contribution in [0.1, 0.15) is 46.3 Å². The number of furan rings is 1. The lowest BCUT2D eigenvalue weighted by Crippen LogP contribution is -2.20. The average molecular weight is 524 g/mol. The zero-order valence-corrected chi connectivity index (χ0v) is 21.5. The van der Waals surface area contributed by atoms with Crippen LogP contribution in [0.5, 0.6) is 0 Å². The second-order valence-corrected chi connectivity index (χ2v) is 10.6. The van der Waals surface area contributed by atoms with Gasteiger partial charge in [0.2, 0.25) is 0 Å². The first-order valence-electron chi connectivity index (χ1n) is 12.4. The van der Waals surface area contributed by atoms with Crippen molar-refractivity contribution in [2.75, 3.05) is 0 Å². The fourth-order valence-corrected chi connectivity index (χ4v) is 6.65. The Hall–Kier alpha value is -3.60. The summed E-state index contributed by atoms with van der Waals surface area (Å²) in [4.78, 5) is 4.08. The standard InChI is InChI=1S/C31H23Cl2N3O/c32-22-7-10-26(29(33)15-22)28-14-21(24-11-12-37-30(24)16-36-18-34-17-35-36)13-20-6-8-25-23-4-2-1-3-19(23)5-9-27(25)31(20)28/h1-12,15,17-18,21,28H,13-14,16H2. The minimum atomic E-state index is 0.123. The Kier molecular flexibility index (Phi) is 5.53. The second kappa shape index (κ2) is 9.05. The predicted octanol–water partition coefficient (Wildman–Crippen LogP) is 8.39. The third-order valence-corrected chi connectivity index (χ3v) is 8.29. The van der Waals surface area contributed by atoms with E-state index in [1.807, 2.05) is 12.1 Å². The molecule has 2 unspecified atom stereocenters. The molecule has 0 aliphatic heterocycles. The third-order valence-electron chi connectivity index (χ3n) is 7.72. The van der Waals surface area contributed by atoms with Crippen LogP contribution in [0, 0.1) is 0 Å². The monoisotopic (exact) mass is 523 g/mol. The summed E-state index contributed by atoms with van der Waals surface area (Å²) in [6, 6.07) is 25.7. The Morgan fingerprint density at radius 2 is 1.78 bits per heavy atom. The van der Waals surface area contributed by atoms with Crippen LogP contribution in [0.25, 0.3) is 21.5 Å². The quantitative estimate of drug-likeness (QED) is 0.218. The fourth-order valence-electron chi connectivity index (χ4n) is 6.11. The molecule has 0 N–H and O–H groups in total. The van der Waals surface area contributed by atoms with Gasteiger partial charge in [0, 0.05) is 16.0 Å². The third kappa shape index (κ3) is 3.92. The van der Waals surface area contributed by atoms with E-state index in [0.29, 0.717) is 16.6 Å². The van der Waals surface area contributed by atoms with Crippen molar-refractivity contribution in [2.24, 2.45) is 0 Å². The molecule has 2 aromatic heterocycles. The molecule has 0 spiro atoms. The van der Waals surface area contributed by atoms with E-state index in [9.17, 15) is 0 Å². The molecule has 1 aliphatic rings. The number of benzene rings is 4. The van der Waals surface area contributed by atoms with Crippen LogP contribution in [0.15, 0.2) is 96.1 Å². The smallest absolute Gasteiger partial charge is 0.137 e. The average Bonchev–Trinajstić information content (AvgIpc) is 3.60. The lowest BCUT2D eigenvalue weighted by atomic mass is 9.70. The van der Waals surface area contributed by atoms with Gasteiger partial charge in [-0.15, -0.1) is 0 Å². The van der Waals surface area contributed by atoms with Gasteiger partial charge in [0.15, 0.2) is 0 Å². The van der Waals surface area contributed by atoms with Crippen molar-refractivity contribution in [3.63, 3.8) is 0 Å². The van der Waals surface area contributed by atoms with E-state index in [1.165, 1.54) is 38.2 Å². The first kappa shape index (κ1) is 22.6. The Bertz CT molecular complexity index is 1760. The summed E-state index contributed by atoms with van der Waals surface area (Å²) in [5.41, 5.74) is 5.04. The summed E-state index contributed by atoms with van der Waals surface area (Å²) in [7, 11) is 0. The number of halogens is 2. The maximum absolute atomic E-state index is 6.85. The summed E-state index contributed by atoms with van der Waals surface area (Å²) in [6.45, 7) is 0.557. The molecular weight excluding hydrogens is 501 g/mol. The summed E-state index contributed by atoms with van der Waals surface area (Å²) in [5.74, 6) is 1.32. The van der Waals surface area contributed by atoms with Crippen LogP contribution >= 0.6 is 23.2 Å². The van der Waals surface area contributed by atoms with Crippen molar-refractivity contribution in [3.8, 4) is 0 Å². The molecule has 7 rings (SSSR count). The lowest BCUT2D eigenvalue weighted by Gasteiger charge is -2.34.